The van der Waals surface area contributed by atoms with Gasteiger partial charge in [-0.2, -0.15) is 0 Å². The first-order chi connectivity index (χ1) is 25.2. The molecule has 0 atom stereocenters. The first-order valence-electron chi connectivity index (χ1n) is 16.9. The Morgan fingerprint density at radius 2 is 1.16 bits per heavy atom. The van der Waals surface area contributed by atoms with Gasteiger partial charge in [0.25, 0.3) is 0 Å². The summed E-state index contributed by atoms with van der Waals surface area (Å²) in [5.41, 5.74) is 9.32. The molecule has 3 heterocycles. The molecule has 51 heavy (non-hydrogen) atoms. The second kappa shape index (κ2) is 12.9. The van der Waals surface area contributed by atoms with Gasteiger partial charge in [0, 0.05) is 43.8 Å². The van der Waals surface area contributed by atoms with Crippen LogP contribution in [0.1, 0.15) is 5.56 Å². The molecule has 0 bridgehead atoms. The standard InChI is InChI=1S/C46H31N3O2/c1-2-3-4-5-7-14-30-23-25-32(26-24-30)45-47-44(31-15-8-6-9-16-31)48-46(49-45)37-20-13-22-41-42(37)36-19-12-18-34(43(36)51-41)33-27-28-40-38(29-33)35-17-10-11-21-39(35)50-40/h2-13,15-29H,1,14H2/b4-3-,7-5-. The maximum absolute atomic E-state index is 6.67. The third kappa shape index (κ3) is 5.61. The number of aromatic nitrogens is 3. The average Bonchev–Trinajstić information content (AvgIpc) is 3.76. The number of hydrogen-bond acceptors (Lipinski definition) is 5. The summed E-state index contributed by atoms with van der Waals surface area (Å²) in [5, 5.41) is 4.14. The van der Waals surface area contributed by atoms with Crippen molar-refractivity contribution in [2.24, 2.45) is 0 Å². The molecule has 0 fully saturated rings. The zero-order valence-electron chi connectivity index (χ0n) is 27.7. The van der Waals surface area contributed by atoms with Crippen LogP contribution in [0, 0.1) is 0 Å². The van der Waals surface area contributed by atoms with E-state index >= 15 is 0 Å². The highest BCUT2D eigenvalue weighted by Crippen LogP contribution is 2.41. The first kappa shape index (κ1) is 30.2. The van der Waals surface area contributed by atoms with E-state index < -0.39 is 0 Å². The predicted octanol–water partition coefficient (Wildman–Crippen LogP) is 12.2. The van der Waals surface area contributed by atoms with Crippen molar-refractivity contribution in [2.75, 3.05) is 0 Å². The molecular weight excluding hydrogens is 627 g/mol. The fourth-order valence-corrected chi connectivity index (χ4v) is 6.71. The van der Waals surface area contributed by atoms with Crippen molar-refractivity contribution in [3.63, 3.8) is 0 Å². The highest BCUT2D eigenvalue weighted by molar-refractivity contribution is 6.15. The number of benzene rings is 6. The normalized spacial score (nSPS) is 11.9. The van der Waals surface area contributed by atoms with Crippen molar-refractivity contribution in [3.05, 3.63) is 176 Å². The number of hydrogen-bond donors (Lipinski definition) is 0. The number of nitrogens with zero attached hydrogens (tertiary/aromatic N) is 3. The predicted molar refractivity (Wildman–Crippen MR) is 208 cm³/mol. The zero-order chi connectivity index (χ0) is 34.1. The van der Waals surface area contributed by atoms with Crippen LogP contribution in [0.25, 0.3) is 89.2 Å². The average molecular weight is 658 g/mol. The van der Waals surface area contributed by atoms with Crippen molar-refractivity contribution >= 4 is 43.9 Å². The van der Waals surface area contributed by atoms with E-state index in [1.54, 1.807) is 6.08 Å². The van der Waals surface area contributed by atoms with Gasteiger partial charge in [0.15, 0.2) is 17.5 Å². The molecule has 0 aliphatic rings. The van der Waals surface area contributed by atoms with Crippen LogP contribution in [0.5, 0.6) is 0 Å². The highest BCUT2D eigenvalue weighted by Gasteiger charge is 2.20. The van der Waals surface area contributed by atoms with Gasteiger partial charge in [-0.3, -0.25) is 0 Å². The van der Waals surface area contributed by atoms with E-state index in [0.29, 0.717) is 17.5 Å². The SMILES string of the molecule is C=C/C=C\C=C/Cc1ccc(-c2nc(-c3ccccc3)nc(-c3cccc4oc5c(-c6ccc7oc8ccccc8c7c6)cccc5c34)n2)cc1. The minimum atomic E-state index is 0.588. The Morgan fingerprint density at radius 3 is 2.00 bits per heavy atom. The van der Waals surface area contributed by atoms with Crippen LogP contribution in [0.2, 0.25) is 0 Å². The molecule has 0 spiro atoms. The van der Waals surface area contributed by atoms with E-state index in [-0.39, 0.29) is 0 Å². The molecule has 0 unspecified atom stereocenters. The van der Waals surface area contributed by atoms with Crippen LogP contribution in [0.3, 0.4) is 0 Å². The van der Waals surface area contributed by atoms with Gasteiger partial charge in [-0.25, -0.2) is 15.0 Å². The Labute approximate surface area is 294 Å². The molecule has 0 radical (unpaired) electrons. The lowest BCUT2D eigenvalue weighted by atomic mass is 9.99. The van der Waals surface area contributed by atoms with E-state index in [1.165, 1.54) is 5.56 Å². The summed E-state index contributed by atoms with van der Waals surface area (Å²) < 4.78 is 12.8. The Balaban J connectivity index is 1.17. The van der Waals surface area contributed by atoms with E-state index in [2.05, 4.69) is 79.4 Å². The van der Waals surface area contributed by atoms with Crippen LogP contribution in [0.15, 0.2) is 179 Å². The molecule has 0 N–H and O–H groups in total. The third-order valence-corrected chi connectivity index (χ3v) is 9.18. The molecule has 0 saturated carbocycles. The molecule has 0 aliphatic heterocycles. The quantitative estimate of drug-likeness (QED) is 0.152. The van der Waals surface area contributed by atoms with Crippen LogP contribution < -0.4 is 0 Å². The number of furan rings is 2. The monoisotopic (exact) mass is 657 g/mol. The molecule has 9 aromatic rings. The van der Waals surface area contributed by atoms with Gasteiger partial charge >= 0.3 is 0 Å². The Morgan fingerprint density at radius 1 is 0.490 bits per heavy atom. The largest absolute Gasteiger partial charge is 0.456 e. The van der Waals surface area contributed by atoms with Gasteiger partial charge in [0.1, 0.15) is 22.3 Å². The molecule has 242 valence electrons. The number of rotatable bonds is 8. The summed E-state index contributed by atoms with van der Waals surface area (Å²) >= 11 is 0. The first-order valence-corrected chi connectivity index (χ1v) is 16.9. The zero-order valence-corrected chi connectivity index (χ0v) is 27.7. The van der Waals surface area contributed by atoms with E-state index in [4.69, 9.17) is 23.8 Å². The van der Waals surface area contributed by atoms with Crippen molar-refractivity contribution in [1.29, 1.82) is 0 Å². The minimum Gasteiger partial charge on any atom is -0.456 e. The van der Waals surface area contributed by atoms with E-state index in [1.807, 2.05) is 85.0 Å². The van der Waals surface area contributed by atoms with Crippen molar-refractivity contribution in [2.45, 2.75) is 6.42 Å². The molecule has 6 aromatic carbocycles. The maximum atomic E-state index is 6.67. The topological polar surface area (TPSA) is 65.0 Å². The summed E-state index contributed by atoms with van der Waals surface area (Å²) in [6.07, 6.45) is 10.6. The second-order valence-electron chi connectivity index (χ2n) is 12.4. The Hall–Kier alpha value is -6.85. The van der Waals surface area contributed by atoms with Crippen LogP contribution >= 0.6 is 0 Å². The highest BCUT2D eigenvalue weighted by atomic mass is 16.3. The lowest BCUT2D eigenvalue weighted by Gasteiger charge is -2.09. The van der Waals surface area contributed by atoms with Gasteiger partial charge in [-0.05, 0) is 41.8 Å². The van der Waals surface area contributed by atoms with Gasteiger partial charge in [0.05, 0.1) is 0 Å². The third-order valence-electron chi connectivity index (χ3n) is 9.18. The van der Waals surface area contributed by atoms with E-state index in [0.717, 1.165) is 78.1 Å². The van der Waals surface area contributed by atoms with Crippen LogP contribution in [-0.2, 0) is 6.42 Å². The Bertz CT molecular complexity index is 2790. The maximum Gasteiger partial charge on any atom is 0.164 e. The van der Waals surface area contributed by atoms with Gasteiger partial charge in [-0.1, -0.05) is 146 Å². The fourth-order valence-electron chi connectivity index (χ4n) is 6.71. The van der Waals surface area contributed by atoms with Gasteiger partial charge < -0.3 is 8.83 Å². The Kier molecular flexibility index (Phi) is 7.63. The van der Waals surface area contributed by atoms with Crippen LogP contribution in [-0.4, -0.2) is 15.0 Å². The van der Waals surface area contributed by atoms with Crippen molar-refractivity contribution in [3.8, 4) is 45.3 Å². The summed E-state index contributed by atoms with van der Waals surface area (Å²) in [6.45, 7) is 3.72. The molecular formula is C46H31N3O2. The number of fused-ring (bicyclic) bond motifs is 6. The second-order valence-corrected chi connectivity index (χ2v) is 12.4. The van der Waals surface area contributed by atoms with Crippen molar-refractivity contribution < 1.29 is 8.83 Å². The smallest absolute Gasteiger partial charge is 0.164 e. The molecule has 3 aromatic heterocycles. The number of allylic oxidation sites excluding steroid dienone is 5. The van der Waals surface area contributed by atoms with Gasteiger partial charge in [-0.15, -0.1) is 0 Å². The fraction of sp³-hybridized carbons (Fsp3) is 0.0217. The lowest BCUT2D eigenvalue weighted by molar-refractivity contribution is 0.668. The van der Waals surface area contributed by atoms with E-state index in [9.17, 15) is 0 Å². The summed E-state index contributed by atoms with van der Waals surface area (Å²) in [7, 11) is 0. The molecule has 0 aliphatic carbocycles. The molecule has 0 saturated heterocycles. The van der Waals surface area contributed by atoms with Crippen molar-refractivity contribution in [1.82, 2.24) is 15.0 Å². The van der Waals surface area contributed by atoms with Crippen LogP contribution in [0.4, 0.5) is 0 Å². The van der Waals surface area contributed by atoms with Gasteiger partial charge in [0.2, 0.25) is 0 Å². The summed E-state index contributed by atoms with van der Waals surface area (Å²) in [4.78, 5) is 15.1. The molecule has 9 rings (SSSR count). The molecule has 0 amide bonds. The molecule has 5 nitrogen and oxygen atoms in total. The lowest BCUT2D eigenvalue weighted by Crippen LogP contribution is -2.00. The number of para-hydroxylation sites is 2. The summed E-state index contributed by atoms with van der Waals surface area (Å²) in [5.74, 6) is 1.81. The molecule has 5 heteroatoms. The minimum absolute atomic E-state index is 0.588. The summed E-state index contributed by atoms with van der Waals surface area (Å²) in [6, 6.07) is 45.3.